The van der Waals surface area contributed by atoms with Crippen LogP contribution in [0.4, 0.5) is 13.2 Å². The Hall–Kier alpha value is -2.37. The highest BCUT2D eigenvalue weighted by molar-refractivity contribution is 5.77. The molecule has 0 aliphatic rings. The highest BCUT2D eigenvalue weighted by Crippen LogP contribution is 2.37. The van der Waals surface area contributed by atoms with Crippen molar-refractivity contribution in [3.05, 3.63) is 53.9 Å². The number of benzene rings is 1. The quantitative estimate of drug-likeness (QED) is 0.938. The summed E-state index contributed by atoms with van der Waals surface area (Å²) in [6.45, 7) is 0. The topological polar surface area (TPSA) is 50.2 Å². The predicted octanol–water partition coefficient (Wildman–Crippen LogP) is 3.39. The number of carbonyl (C=O) groups is 1. The zero-order valence-corrected chi connectivity index (χ0v) is 10.2. The third-order valence-corrected chi connectivity index (χ3v) is 2.78. The van der Waals surface area contributed by atoms with Gasteiger partial charge in [-0.2, -0.15) is 13.2 Å². The molecule has 2 aromatic rings. The van der Waals surface area contributed by atoms with Gasteiger partial charge in [0.15, 0.2) is 0 Å². The van der Waals surface area contributed by atoms with E-state index in [9.17, 15) is 18.0 Å². The van der Waals surface area contributed by atoms with Crippen molar-refractivity contribution in [3.63, 3.8) is 0 Å². The van der Waals surface area contributed by atoms with Crippen molar-refractivity contribution in [2.24, 2.45) is 0 Å². The molecule has 0 saturated heterocycles. The molecule has 1 N–H and O–H groups in total. The average Bonchev–Trinajstić information content (AvgIpc) is 2.38. The Morgan fingerprint density at radius 2 is 1.85 bits per heavy atom. The van der Waals surface area contributed by atoms with Crippen molar-refractivity contribution < 1.29 is 23.1 Å². The second-order valence-electron chi connectivity index (χ2n) is 4.15. The van der Waals surface area contributed by atoms with Crippen LogP contribution in [0, 0.1) is 0 Å². The van der Waals surface area contributed by atoms with Crippen molar-refractivity contribution in [2.75, 3.05) is 0 Å². The maximum Gasteiger partial charge on any atom is 0.417 e. The van der Waals surface area contributed by atoms with E-state index in [2.05, 4.69) is 4.98 Å². The van der Waals surface area contributed by atoms with Crippen molar-refractivity contribution >= 4 is 5.97 Å². The van der Waals surface area contributed by atoms with Gasteiger partial charge in [0.2, 0.25) is 0 Å². The van der Waals surface area contributed by atoms with E-state index in [1.54, 1.807) is 0 Å². The van der Waals surface area contributed by atoms with E-state index < -0.39 is 17.7 Å². The molecule has 0 bridgehead atoms. The van der Waals surface area contributed by atoms with Gasteiger partial charge in [0.05, 0.1) is 12.0 Å². The number of alkyl halides is 3. The van der Waals surface area contributed by atoms with Crippen molar-refractivity contribution in [1.82, 2.24) is 4.98 Å². The van der Waals surface area contributed by atoms with Crippen LogP contribution in [0.5, 0.6) is 0 Å². The summed E-state index contributed by atoms with van der Waals surface area (Å²) in [7, 11) is 0. The molecule has 1 aromatic carbocycles. The van der Waals surface area contributed by atoms with Gasteiger partial charge < -0.3 is 5.11 Å². The Kier molecular flexibility index (Phi) is 3.74. The van der Waals surface area contributed by atoms with Crippen LogP contribution in [-0.4, -0.2) is 16.1 Å². The van der Waals surface area contributed by atoms with Crippen LogP contribution in [0.3, 0.4) is 0 Å². The number of pyridine rings is 1. The van der Waals surface area contributed by atoms with Crippen molar-refractivity contribution in [1.29, 1.82) is 0 Å². The van der Waals surface area contributed by atoms with Gasteiger partial charge in [0.1, 0.15) is 0 Å². The Bertz CT molecular complexity index is 638. The van der Waals surface area contributed by atoms with Crippen LogP contribution in [0.2, 0.25) is 0 Å². The minimum absolute atomic E-state index is 0.0654. The lowest BCUT2D eigenvalue weighted by Gasteiger charge is -2.14. The zero-order valence-electron chi connectivity index (χ0n) is 10.2. The Morgan fingerprint density at radius 3 is 2.50 bits per heavy atom. The number of hydrogen-bond acceptors (Lipinski definition) is 2. The molecule has 0 saturated carbocycles. The van der Waals surface area contributed by atoms with Crippen LogP contribution < -0.4 is 0 Å². The van der Waals surface area contributed by atoms with Crippen LogP contribution in [0.25, 0.3) is 11.1 Å². The summed E-state index contributed by atoms with van der Waals surface area (Å²) in [5, 5.41) is 8.82. The van der Waals surface area contributed by atoms with Crippen LogP contribution in [-0.2, 0) is 17.4 Å². The number of carboxylic acids is 1. The standard InChI is InChI=1S/C14H10F3NO2/c15-14(16,17)12-4-2-1-3-10(12)11-8-18-6-5-9(11)7-13(19)20/h1-6,8H,7H2,(H,19,20). The first-order valence-electron chi connectivity index (χ1n) is 5.71. The van der Waals surface area contributed by atoms with Gasteiger partial charge in [-0.15, -0.1) is 0 Å². The Morgan fingerprint density at radius 1 is 1.15 bits per heavy atom. The lowest BCUT2D eigenvalue weighted by atomic mass is 9.95. The number of hydrogen-bond donors (Lipinski definition) is 1. The van der Waals surface area contributed by atoms with Crippen LogP contribution in [0.1, 0.15) is 11.1 Å². The molecule has 0 aliphatic carbocycles. The minimum Gasteiger partial charge on any atom is -0.481 e. The second-order valence-corrected chi connectivity index (χ2v) is 4.15. The molecule has 0 radical (unpaired) electrons. The number of rotatable bonds is 3. The van der Waals surface area contributed by atoms with E-state index >= 15 is 0 Å². The maximum atomic E-state index is 13.0. The molecule has 0 aliphatic heterocycles. The van der Waals surface area contributed by atoms with Gasteiger partial charge in [0.25, 0.3) is 0 Å². The van der Waals surface area contributed by atoms with Gasteiger partial charge in [-0.05, 0) is 23.3 Å². The smallest absolute Gasteiger partial charge is 0.417 e. The average molecular weight is 281 g/mol. The summed E-state index contributed by atoms with van der Waals surface area (Å²) in [6.07, 6.45) is -2.25. The fraction of sp³-hybridized carbons (Fsp3) is 0.143. The molecule has 1 aromatic heterocycles. The van der Waals surface area contributed by atoms with Crippen LogP contribution >= 0.6 is 0 Å². The van der Waals surface area contributed by atoms with E-state index in [1.165, 1.54) is 36.7 Å². The number of nitrogens with zero attached hydrogens (tertiary/aromatic N) is 1. The molecular weight excluding hydrogens is 271 g/mol. The van der Waals surface area contributed by atoms with Crippen LogP contribution in [0.15, 0.2) is 42.7 Å². The Labute approximate surface area is 112 Å². The molecule has 0 amide bonds. The first-order valence-corrected chi connectivity index (χ1v) is 5.71. The summed E-state index contributed by atoms with van der Waals surface area (Å²) in [5.74, 6) is -1.11. The number of aromatic nitrogens is 1. The highest BCUT2D eigenvalue weighted by Gasteiger charge is 2.33. The highest BCUT2D eigenvalue weighted by atomic mass is 19.4. The van der Waals surface area contributed by atoms with Gasteiger partial charge in [-0.1, -0.05) is 18.2 Å². The lowest BCUT2D eigenvalue weighted by molar-refractivity contribution is -0.137. The lowest BCUT2D eigenvalue weighted by Crippen LogP contribution is -2.09. The third-order valence-electron chi connectivity index (χ3n) is 2.78. The van der Waals surface area contributed by atoms with Crippen molar-refractivity contribution in [3.8, 4) is 11.1 Å². The first-order chi connectivity index (χ1) is 9.39. The molecule has 0 spiro atoms. The van der Waals surface area contributed by atoms with Gasteiger partial charge >= 0.3 is 12.1 Å². The summed E-state index contributed by atoms with van der Waals surface area (Å²) < 4.78 is 39.0. The third kappa shape index (κ3) is 2.96. The molecule has 6 heteroatoms. The van der Waals surface area contributed by atoms with E-state index in [1.807, 2.05) is 0 Å². The largest absolute Gasteiger partial charge is 0.481 e. The first kappa shape index (κ1) is 14.0. The van der Waals surface area contributed by atoms with Gasteiger partial charge in [0, 0.05) is 18.0 Å². The summed E-state index contributed by atoms with van der Waals surface area (Å²) in [6, 6.07) is 6.45. The monoisotopic (exact) mass is 281 g/mol. The summed E-state index contributed by atoms with van der Waals surface area (Å²) >= 11 is 0. The zero-order chi connectivity index (χ0) is 14.8. The Balaban J connectivity index is 2.61. The summed E-state index contributed by atoms with van der Waals surface area (Å²) in [5.41, 5.74) is -0.393. The van der Waals surface area contributed by atoms with Crippen molar-refractivity contribution in [2.45, 2.75) is 12.6 Å². The molecule has 104 valence electrons. The molecular formula is C14H10F3NO2. The number of halogens is 3. The molecule has 2 rings (SSSR count). The van der Waals surface area contributed by atoms with E-state index in [0.29, 0.717) is 5.56 Å². The SMILES string of the molecule is O=C(O)Cc1ccncc1-c1ccccc1C(F)(F)F. The normalized spacial score (nSPS) is 11.3. The molecule has 0 unspecified atom stereocenters. The molecule has 0 fully saturated rings. The van der Waals surface area contributed by atoms with E-state index in [0.717, 1.165) is 6.07 Å². The second kappa shape index (κ2) is 5.32. The van der Waals surface area contributed by atoms with E-state index in [-0.39, 0.29) is 17.5 Å². The van der Waals surface area contributed by atoms with Gasteiger partial charge in [-0.25, -0.2) is 0 Å². The summed E-state index contributed by atoms with van der Waals surface area (Å²) in [4.78, 5) is 14.6. The van der Waals surface area contributed by atoms with Gasteiger partial charge in [-0.3, -0.25) is 9.78 Å². The molecule has 20 heavy (non-hydrogen) atoms. The molecule has 3 nitrogen and oxygen atoms in total. The van der Waals surface area contributed by atoms with E-state index in [4.69, 9.17) is 5.11 Å². The fourth-order valence-corrected chi connectivity index (χ4v) is 1.95. The number of aliphatic carboxylic acids is 1. The predicted molar refractivity (Wildman–Crippen MR) is 66.0 cm³/mol. The fourth-order valence-electron chi connectivity index (χ4n) is 1.95. The number of carboxylic acid groups (broad SMARTS) is 1. The molecule has 0 atom stereocenters. The molecule has 1 heterocycles. The maximum absolute atomic E-state index is 13.0. The minimum atomic E-state index is -4.51.